The number of anilines is 3. The summed E-state index contributed by atoms with van der Waals surface area (Å²) in [5.41, 5.74) is 14.8. The van der Waals surface area contributed by atoms with Crippen molar-refractivity contribution in [2.75, 3.05) is 4.90 Å². The molecule has 1 aliphatic rings. The Bertz CT molecular complexity index is 3460. The second kappa shape index (κ2) is 12.8. The zero-order valence-corrected chi connectivity index (χ0v) is 32.9. The van der Waals surface area contributed by atoms with Gasteiger partial charge in [0.1, 0.15) is 11.2 Å². The van der Waals surface area contributed by atoms with Crippen molar-refractivity contribution in [1.82, 2.24) is 0 Å². The first-order valence-corrected chi connectivity index (χ1v) is 20.5. The monoisotopic (exact) mass is 753 g/mol. The van der Waals surface area contributed by atoms with Gasteiger partial charge in [0.05, 0.1) is 11.4 Å². The van der Waals surface area contributed by atoms with Gasteiger partial charge in [0.2, 0.25) is 0 Å². The van der Waals surface area contributed by atoms with Crippen molar-refractivity contribution >= 4 is 71.3 Å². The quantitative estimate of drug-likeness (QED) is 0.163. The minimum absolute atomic E-state index is 0.268. The molecule has 0 saturated heterocycles. The summed E-state index contributed by atoms with van der Waals surface area (Å²) in [5.74, 6) is 0. The molecule has 1 aliphatic carbocycles. The van der Waals surface area contributed by atoms with Crippen LogP contribution >= 0.6 is 0 Å². The Labute approximate surface area is 343 Å². The van der Waals surface area contributed by atoms with Crippen molar-refractivity contribution in [3.05, 3.63) is 211 Å². The van der Waals surface area contributed by atoms with E-state index >= 15 is 0 Å². The zero-order valence-electron chi connectivity index (χ0n) is 32.9. The van der Waals surface area contributed by atoms with Gasteiger partial charge in [-0.1, -0.05) is 178 Å². The van der Waals surface area contributed by atoms with Crippen LogP contribution in [0, 0.1) is 0 Å². The summed E-state index contributed by atoms with van der Waals surface area (Å²) < 4.78 is 6.58. The number of benzene rings is 10. The molecule has 0 aliphatic heterocycles. The summed E-state index contributed by atoms with van der Waals surface area (Å²) in [6.45, 7) is 4.78. The van der Waals surface area contributed by atoms with Crippen LogP contribution in [0.3, 0.4) is 0 Å². The maximum absolute atomic E-state index is 6.58. The number of rotatable bonds is 5. The molecule has 11 aromatic rings. The van der Waals surface area contributed by atoms with E-state index in [1.807, 2.05) is 6.07 Å². The highest BCUT2D eigenvalue weighted by atomic mass is 16.3. The summed E-state index contributed by atoms with van der Waals surface area (Å²) in [6, 6.07) is 73.3. The predicted octanol–water partition coefficient (Wildman–Crippen LogP) is 16.2. The lowest BCUT2D eigenvalue weighted by molar-refractivity contribution is 0.645. The van der Waals surface area contributed by atoms with Gasteiger partial charge in [-0.05, 0) is 96.7 Å². The summed E-state index contributed by atoms with van der Waals surface area (Å²) in [4.78, 5) is 2.51. The van der Waals surface area contributed by atoms with Crippen LogP contribution in [0.5, 0.6) is 0 Å². The van der Waals surface area contributed by atoms with Gasteiger partial charge in [-0.15, -0.1) is 0 Å². The molecule has 0 unspecified atom stereocenters. The fourth-order valence-corrected chi connectivity index (χ4v) is 9.98. The first-order valence-electron chi connectivity index (χ1n) is 20.5. The van der Waals surface area contributed by atoms with Gasteiger partial charge >= 0.3 is 0 Å². The molecule has 10 aromatic carbocycles. The molecule has 0 saturated carbocycles. The molecule has 0 spiro atoms. The van der Waals surface area contributed by atoms with Crippen LogP contribution in [0.25, 0.3) is 87.6 Å². The van der Waals surface area contributed by atoms with Crippen LogP contribution in [0.1, 0.15) is 25.0 Å². The molecule has 59 heavy (non-hydrogen) atoms. The maximum Gasteiger partial charge on any atom is 0.143 e. The molecule has 1 aromatic heterocycles. The van der Waals surface area contributed by atoms with Gasteiger partial charge in [0.15, 0.2) is 0 Å². The molecule has 0 radical (unpaired) electrons. The van der Waals surface area contributed by atoms with Crippen LogP contribution in [0.2, 0.25) is 0 Å². The van der Waals surface area contributed by atoms with Crippen LogP contribution in [0.15, 0.2) is 205 Å². The first kappa shape index (κ1) is 33.7. The van der Waals surface area contributed by atoms with Crippen molar-refractivity contribution in [2.45, 2.75) is 19.3 Å². The van der Waals surface area contributed by atoms with Gasteiger partial charge in [-0.25, -0.2) is 0 Å². The third kappa shape index (κ3) is 5.06. The third-order valence-electron chi connectivity index (χ3n) is 12.8. The van der Waals surface area contributed by atoms with Gasteiger partial charge in [-0.2, -0.15) is 0 Å². The van der Waals surface area contributed by atoms with Crippen molar-refractivity contribution in [1.29, 1.82) is 0 Å². The molecule has 12 rings (SSSR count). The van der Waals surface area contributed by atoms with E-state index in [4.69, 9.17) is 4.42 Å². The smallest absolute Gasteiger partial charge is 0.143 e. The Balaban J connectivity index is 1.14. The number of furan rings is 1. The number of hydrogen-bond donors (Lipinski definition) is 0. The van der Waals surface area contributed by atoms with E-state index in [0.717, 1.165) is 50.1 Å². The van der Waals surface area contributed by atoms with Gasteiger partial charge in [0.25, 0.3) is 0 Å². The van der Waals surface area contributed by atoms with Crippen LogP contribution < -0.4 is 4.90 Å². The molecular weight excluding hydrogens is 715 g/mol. The Morgan fingerprint density at radius 1 is 0.407 bits per heavy atom. The van der Waals surface area contributed by atoms with Crippen LogP contribution in [-0.4, -0.2) is 0 Å². The second-order valence-corrected chi connectivity index (χ2v) is 16.4. The zero-order chi connectivity index (χ0) is 39.2. The highest BCUT2D eigenvalue weighted by Gasteiger charge is 2.36. The Morgan fingerprint density at radius 2 is 1.07 bits per heavy atom. The Kier molecular flexibility index (Phi) is 7.31. The highest BCUT2D eigenvalue weighted by Crippen LogP contribution is 2.55. The van der Waals surface area contributed by atoms with Gasteiger partial charge in [0, 0.05) is 38.4 Å². The average molecular weight is 754 g/mol. The molecule has 2 heteroatoms. The number of hydrogen-bond acceptors (Lipinski definition) is 2. The van der Waals surface area contributed by atoms with E-state index in [1.165, 1.54) is 65.7 Å². The summed E-state index contributed by atoms with van der Waals surface area (Å²) >= 11 is 0. The summed E-state index contributed by atoms with van der Waals surface area (Å²) in [6.07, 6.45) is 0. The molecule has 0 N–H and O–H groups in total. The van der Waals surface area contributed by atoms with Crippen LogP contribution in [-0.2, 0) is 5.41 Å². The van der Waals surface area contributed by atoms with Crippen molar-refractivity contribution in [3.8, 4) is 33.4 Å². The Hall–Kier alpha value is -7.42. The second-order valence-electron chi connectivity index (χ2n) is 16.4. The topological polar surface area (TPSA) is 16.4 Å². The van der Waals surface area contributed by atoms with Gasteiger partial charge in [-0.3, -0.25) is 0 Å². The van der Waals surface area contributed by atoms with E-state index in [2.05, 4.69) is 213 Å². The largest absolute Gasteiger partial charge is 0.455 e. The molecule has 0 bridgehead atoms. The third-order valence-corrected chi connectivity index (χ3v) is 12.8. The summed E-state index contributed by atoms with van der Waals surface area (Å²) in [5, 5.41) is 9.78. The molecule has 0 fully saturated rings. The molecule has 0 atom stereocenters. The molecule has 2 nitrogen and oxygen atoms in total. The standard InChI is InChI=1S/C57H39NO/c1-57(2)49-24-12-17-38-29-33-51(55(54(38)49)48-32-28-40(34-50(48)57)43-22-13-23-47-46-21-10-11-25-53(46)59-56(43)47)58(41-30-26-37(27-31-41)36-14-4-3-5-15-36)52-35-39-16-6-7-18-42(39)44-19-8-9-20-45(44)52/h3-35H,1-2H3. The van der Waals surface area contributed by atoms with E-state index in [1.54, 1.807) is 0 Å². The molecule has 1 heterocycles. The van der Waals surface area contributed by atoms with E-state index in [0.29, 0.717) is 0 Å². The molecule has 278 valence electrons. The normalized spacial score (nSPS) is 13.1. The van der Waals surface area contributed by atoms with Crippen molar-refractivity contribution in [3.63, 3.8) is 0 Å². The predicted molar refractivity (Wildman–Crippen MR) is 249 cm³/mol. The van der Waals surface area contributed by atoms with E-state index in [-0.39, 0.29) is 5.41 Å². The van der Waals surface area contributed by atoms with Crippen molar-refractivity contribution < 1.29 is 4.42 Å². The SMILES string of the molecule is CC1(C)c2cc(-c3cccc4c3oc3ccccc34)ccc2-c2c(N(c3ccc(-c4ccccc4)cc3)c3cc4ccccc4c4ccccc34)ccc3cccc1c23. The lowest BCUT2D eigenvalue weighted by atomic mass is 9.67. The minimum atomic E-state index is -0.268. The highest BCUT2D eigenvalue weighted by molar-refractivity contribution is 6.17. The fourth-order valence-electron chi connectivity index (χ4n) is 9.98. The number of nitrogens with zero attached hydrogens (tertiary/aromatic N) is 1. The number of fused-ring (bicyclic) bond motifs is 8. The number of para-hydroxylation sites is 2. The minimum Gasteiger partial charge on any atom is -0.455 e. The van der Waals surface area contributed by atoms with Crippen LogP contribution in [0.4, 0.5) is 17.1 Å². The Morgan fingerprint density at radius 3 is 1.92 bits per heavy atom. The lowest BCUT2D eigenvalue weighted by Gasteiger charge is -2.38. The molecule has 0 amide bonds. The first-order chi connectivity index (χ1) is 29.0. The van der Waals surface area contributed by atoms with Crippen molar-refractivity contribution in [2.24, 2.45) is 0 Å². The lowest BCUT2D eigenvalue weighted by Crippen LogP contribution is -2.25. The maximum atomic E-state index is 6.58. The molecular formula is C57H39NO. The van der Waals surface area contributed by atoms with E-state index < -0.39 is 0 Å². The fraction of sp³-hybridized carbons (Fsp3) is 0.0526. The van der Waals surface area contributed by atoms with Gasteiger partial charge < -0.3 is 9.32 Å². The summed E-state index contributed by atoms with van der Waals surface area (Å²) in [7, 11) is 0. The van der Waals surface area contributed by atoms with E-state index in [9.17, 15) is 0 Å². The average Bonchev–Trinajstić information content (AvgIpc) is 3.68.